The van der Waals surface area contributed by atoms with Gasteiger partial charge in [0.1, 0.15) is 11.5 Å². The van der Waals surface area contributed by atoms with Crippen LogP contribution >= 0.6 is 15.9 Å². The van der Waals surface area contributed by atoms with Crippen LogP contribution in [0.3, 0.4) is 0 Å². The molecule has 1 unspecified atom stereocenters. The topological polar surface area (TPSA) is 49.8 Å². The van der Waals surface area contributed by atoms with Gasteiger partial charge in [-0.05, 0) is 55.3 Å². The third-order valence-electron chi connectivity index (χ3n) is 3.99. The Balaban J connectivity index is 1.70. The summed E-state index contributed by atoms with van der Waals surface area (Å²) in [5.41, 5.74) is 1.05. The zero-order valence-corrected chi connectivity index (χ0v) is 14.2. The lowest BCUT2D eigenvalue weighted by Crippen LogP contribution is -2.31. The lowest BCUT2D eigenvalue weighted by Gasteiger charge is -2.25. The average molecular weight is 376 g/mol. The van der Waals surface area contributed by atoms with Crippen molar-refractivity contribution in [1.29, 1.82) is 0 Å². The summed E-state index contributed by atoms with van der Waals surface area (Å²) in [6.07, 6.45) is 2.16. The summed E-state index contributed by atoms with van der Waals surface area (Å²) in [5.74, 6) is 0.800. The number of aliphatic carboxylic acids is 1. The summed E-state index contributed by atoms with van der Waals surface area (Å²) in [4.78, 5) is 13.1. The number of hydrogen-bond donors (Lipinski definition) is 1. The third kappa shape index (κ3) is 4.05. The van der Waals surface area contributed by atoms with Gasteiger partial charge in [0.05, 0.1) is 6.42 Å². The van der Waals surface area contributed by atoms with Gasteiger partial charge in [0.15, 0.2) is 0 Å². The first kappa shape index (κ1) is 15.9. The van der Waals surface area contributed by atoms with Crippen molar-refractivity contribution in [3.8, 4) is 11.5 Å². The molecule has 1 aliphatic rings. The normalized spacial score (nSPS) is 17.3. The van der Waals surface area contributed by atoms with E-state index in [1.807, 2.05) is 48.5 Å². The number of halogens is 1. The highest BCUT2D eigenvalue weighted by Gasteiger charge is 2.26. The molecule has 0 amide bonds. The van der Waals surface area contributed by atoms with Crippen LogP contribution < -0.4 is 9.64 Å². The van der Waals surface area contributed by atoms with Crippen LogP contribution in [0, 0.1) is 0 Å². The molecular formula is C18H18BrNO3. The van der Waals surface area contributed by atoms with Crippen LogP contribution in [0.2, 0.25) is 0 Å². The third-order valence-corrected chi connectivity index (χ3v) is 4.48. The molecule has 0 aliphatic carbocycles. The lowest BCUT2D eigenvalue weighted by molar-refractivity contribution is -0.137. The fourth-order valence-electron chi connectivity index (χ4n) is 2.96. The molecule has 0 radical (unpaired) electrons. The van der Waals surface area contributed by atoms with Crippen molar-refractivity contribution >= 4 is 27.6 Å². The lowest BCUT2D eigenvalue weighted by atomic mass is 10.1. The molecule has 0 saturated carbocycles. The smallest absolute Gasteiger partial charge is 0.305 e. The minimum atomic E-state index is -0.739. The van der Waals surface area contributed by atoms with Crippen molar-refractivity contribution in [3.63, 3.8) is 0 Å². The molecule has 1 atom stereocenters. The summed E-state index contributed by atoms with van der Waals surface area (Å²) >= 11 is 3.42. The van der Waals surface area contributed by atoms with E-state index in [1.165, 1.54) is 0 Å². The molecule has 1 heterocycles. The Labute approximate surface area is 143 Å². The van der Waals surface area contributed by atoms with Gasteiger partial charge in [-0.2, -0.15) is 0 Å². The Morgan fingerprint density at radius 3 is 2.70 bits per heavy atom. The molecule has 4 nitrogen and oxygen atoms in total. The van der Waals surface area contributed by atoms with Crippen molar-refractivity contribution in [2.75, 3.05) is 11.4 Å². The van der Waals surface area contributed by atoms with Gasteiger partial charge in [0, 0.05) is 22.7 Å². The molecule has 1 saturated heterocycles. The quantitative estimate of drug-likeness (QED) is 0.823. The number of carbonyl (C=O) groups is 1. The molecule has 0 bridgehead atoms. The molecule has 2 aromatic carbocycles. The number of carboxylic acid groups (broad SMARTS) is 1. The second-order valence-electron chi connectivity index (χ2n) is 5.64. The first-order valence-electron chi connectivity index (χ1n) is 7.64. The Morgan fingerprint density at radius 2 is 2.00 bits per heavy atom. The minimum Gasteiger partial charge on any atom is -0.481 e. The Hall–Kier alpha value is -2.01. The number of rotatable bonds is 5. The zero-order chi connectivity index (χ0) is 16.2. The Morgan fingerprint density at radius 1 is 1.22 bits per heavy atom. The van der Waals surface area contributed by atoms with Crippen molar-refractivity contribution in [2.24, 2.45) is 0 Å². The van der Waals surface area contributed by atoms with E-state index in [2.05, 4.69) is 20.8 Å². The molecule has 3 rings (SSSR count). The molecule has 0 aromatic heterocycles. The maximum Gasteiger partial charge on any atom is 0.305 e. The first-order chi connectivity index (χ1) is 11.1. The largest absolute Gasteiger partial charge is 0.481 e. The van der Waals surface area contributed by atoms with Crippen molar-refractivity contribution in [3.05, 3.63) is 53.0 Å². The van der Waals surface area contributed by atoms with Gasteiger partial charge < -0.3 is 14.7 Å². The first-order valence-corrected chi connectivity index (χ1v) is 8.43. The molecule has 23 heavy (non-hydrogen) atoms. The van der Waals surface area contributed by atoms with Crippen molar-refractivity contribution < 1.29 is 14.6 Å². The summed E-state index contributed by atoms with van der Waals surface area (Å²) < 4.78 is 6.80. The van der Waals surface area contributed by atoms with Gasteiger partial charge in [-0.15, -0.1) is 0 Å². The number of benzene rings is 2. The van der Waals surface area contributed by atoms with Crippen LogP contribution in [0.5, 0.6) is 11.5 Å². The van der Waals surface area contributed by atoms with Crippen LogP contribution in [0.1, 0.15) is 19.3 Å². The highest BCUT2D eigenvalue weighted by molar-refractivity contribution is 9.10. The number of hydrogen-bond acceptors (Lipinski definition) is 3. The van der Waals surface area contributed by atoms with Gasteiger partial charge in [0.25, 0.3) is 0 Å². The van der Waals surface area contributed by atoms with E-state index in [1.54, 1.807) is 0 Å². The second-order valence-corrected chi connectivity index (χ2v) is 6.56. The van der Waals surface area contributed by atoms with Gasteiger partial charge >= 0.3 is 5.97 Å². The molecule has 2 aromatic rings. The highest BCUT2D eigenvalue weighted by Crippen LogP contribution is 2.30. The number of nitrogens with zero attached hydrogens (tertiary/aromatic N) is 1. The van der Waals surface area contributed by atoms with E-state index < -0.39 is 5.97 Å². The molecule has 1 aliphatic heterocycles. The minimum absolute atomic E-state index is 0.0874. The molecule has 1 fully saturated rings. The van der Waals surface area contributed by atoms with Gasteiger partial charge in [0.2, 0.25) is 0 Å². The fourth-order valence-corrected chi connectivity index (χ4v) is 3.34. The van der Waals surface area contributed by atoms with E-state index in [-0.39, 0.29) is 12.5 Å². The van der Waals surface area contributed by atoms with E-state index in [0.717, 1.165) is 41.0 Å². The highest BCUT2D eigenvalue weighted by atomic mass is 79.9. The van der Waals surface area contributed by atoms with E-state index in [9.17, 15) is 4.79 Å². The zero-order valence-electron chi connectivity index (χ0n) is 12.6. The van der Waals surface area contributed by atoms with Crippen molar-refractivity contribution in [1.82, 2.24) is 0 Å². The van der Waals surface area contributed by atoms with E-state index >= 15 is 0 Å². The van der Waals surface area contributed by atoms with Crippen LogP contribution in [-0.2, 0) is 4.79 Å². The number of ether oxygens (including phenoxy) is 1. The Kier molecular flexibility index (Phi) is 4.86. The van der Waals surface area contributed by atoms with Crippen LogP contribution in [0.15, 0.2) is 53.0 Å². The second kappa shape index (κ2) is 7.04. The number of carboxylic acids is 1. The average Bonchev–Trinajstić information content (AvgIpc) is 2.95. The predicted molar refractivity (Wildman–Crippen MR) is 93.3 cm³/mol. The number of anilines is 1. The van der Waals surface area contributed by atoms with Gasteiger partial charge in [-0.3, -0.25) is 4.79 Å². The van der Waals surface area contributed by atoms with E-state index in [0.29, 0.717) is 0 Å². The maximum atomic E-state index is 11.0. The van der Waals surface area contributed by atoms with Crippen molar-refractivity contribution in [2.45, 2.75) is 25.3 Å². The summed E-state index contributed by atoms with van der Waals surface area (Å²) in [5, 5.41) is 9.02. The molecule has 1 N–H and O–H groups in total. The molecular weight excluding hydrogens is 358 g/mol. The predicted octanol–water partition coefficient (Wildman–Crippen LogP) is 4.68. The summed E-state index contributed by atoms with van der Waals surface area (Å²) in [6, 6.07) is 15.6. The van der Waals surface area contributed by atoms with Crippen LogP contribution in [-0.4, -0.2) is 23.7 Å². The SMILES string of the molecule is O=C(O)CC1CCCN1c1ccc(Oc2cccc(Br)c2)cc1. The molecule has 120 valence electrons. The standard InChI is InChI=1S/C18H18BrNO3/c19-13-3-1-5-17(11-13)23-16-8-6-14(7-9-16)20-10-2-4-15(20)12-18(21)22/h1,3,5-9,11,15H,2,4,10,12H2,(H,21,22). The van der Waals surface area contributed by atoms with Crippen LogP contribution in [0.4, 0.5) is 5.69 Å². The Bertz CT molecular complexity index is 687. The summed E-state index contributed by atoms with van der Waals surface area (Å²) in [6.45, 7) is 0.907. The fraction of sp³-hybridized carbons (Fsp3) is 0.278. The van der Waals surface area contributed by atoms with Gasteiger partial charge in [-0.1, -0.05) is 22.0 Å². The van der Waals surface area contributed by atoms with Gasteiger partial charge in [-0.25, -0.2) is 0 Å². The van der Waals surface area contributed by atoms with Crippen LogP contribution in [0.25, 0.3) is 0 Å². The van der Waals surface area contributed by atoms with E-state index in [4.69, 9.17) is 9.84 Å². The molecule has 0 spiro atoms. The summed E-state index contributed by atoms with van der Waals surface area (Å²) in [7, 11) is 0. The monoisotopic (exact) mass is 375 g/mol. The maximum absolute atomic E-state index is 11.0. The molecule has 5 heteroatoms.